The van der Waals surface area contributed by atoms with Crippen LogP contribution in [0.3, 0.4) is 0 Å². The van der Waals surface area contributed by atoms with Crippen LogP contribution in [0.5, 0.6) is 5.75 Å². The molecule has 3 heterocycles. The van der Waals surface area contributed by atoms with Crippen molar-refractivity contribution in [1.29, 1.82) is 0 Å². The fourth-order valence-electron chi connectivity index (χ4n) is 5.71. The minimum atomic E-state index is -4.76. The van der Waals surface area contributed by atoms with Crippen LogP contribution in [0.2, 0.25) is 0 Å². The molecule has 14 heteroatoms. The quantitative estimate of drug-likeness (QED) is 0.286. The first-order valence-electron chi connectivity index (χ1n) is 13.8. The second-order valence-electron chi connectivity index (χ2n) is 10.6. The van der Waals surface area contributed by atoms with E-state index >= 15 is 0 Å². The molecule has 2 aromatic heterocycles. The number of carbonyl (C=O) groups excluding carboxylic acids is 2. The largest absolute Gasteiger partial charge is 0.497 e. The zero-order valence-corrected chi connectivity index (χ0v) is 24.3. The van der Waals surface area contributed by atoms with Gasteiger partial charge in [-0.05, 0) is 55.8 Å². The number of rotatable bonds is 7. The predicted molar refractivity (Wildman–Crippen MR) is 156 cm³/mol. The van der Waals surface area contributed by atoms with Gasteiger partial charge in [0.05, 0.1) is 31.6 Å². The van der Waals surface area contributed by atoms with Gasteiger partial charge in [-0.3, -0.25) is 9.69 Å². The Balaban J connectivity index is 1.45. The summed E-state index contributed by atoms with van der Waals surface area (Å²) in [6, 6.07) is 11.9. The highest BCUT2D eigenvalue weighted by atomic mass is 19.4. The van der Waals surface area contributed by atoms with E-state index in [2.05, 4.69) is 15.4 Å². The number of ether oxygens (including phenoxy) is 1. The Kier molecular flexibility index (Phi) is 8.48. The van der Waals surface area contributed by atoms with Crippen molar-refractivity contribution < 1.29 is 32.6 Å². The second-order valence-corrected chi connectivity index (χ2v) is 10.6. The van der Waals surface area contributed by atoms with Gasteiger partial charge in [0, 0.05) is 42.5 Å². The standard InChI is InChI=1S/C30H32F3N7O4/c1-17-15-38(24(16-41)20-5-4-6-21(13-20)36-29(34)43)11-12-39(17)28(42)23-14-35-40-26(30(31,32)33)18(2)25(37-27(23)40)19-7-9-22(44-3)10-8-19/h4-10,13-14,17,24,41H,11-12,15-16H2,1-3H3,(H3,34,36,43)/t17-,24+/m1/s1. The van der Waals surface area contributed by atoms with Crippen molar-refractivity contribution in [2.45, 2.75) is 32.1 Å². The molecule has 3 amide bonds. The molecule has 0 spiro atoms. The molecule has 2 atom stereocenters. The maximum absolute atomic E-state index is 14.3. The summed E-state index contributed by atoms with van der Waals surface area (Å²) >= 11 is 0. The number of benzene rings is 2. The van der Waals surface area contributed by atoms with Crippen LogP contribution >= 0.6 is 0 Å². The lowest BCUT2D eigenvalue weighted by Crippen LogP contribution is -2.55. The number of anilines is 1. The van der Waals surface area contributed by atoms with E-state index in [-0.39, 0.29) is 41.7 Å². The number of methoxy groups -OCH3 is 1. The van der Waals surface area contributed by atoms with E-state index in [9.17, 15) is 27.9 Å². The van der Waals surface area contributed by atoms with E-state index in [1.807, 2.05) is 17.9 Å². The minimum absolute atomic E-state index is 0.0468. The van der Waals surface area contributed by atoms with E-state index in [1.165, 1.54) is 14.0 Å². The van der Waals surface area contributed by atoms with Gasteiger partial charge >= 0.3 is 12.2 Å². The normalized spacial score (nSPS) is 16.6. The molecule has 4 aromatic rings. The Bertz CT molecular complexity index is 1690. The highest BCUT2D eigenvalue weighted by Crippen LogP contribution is 2.37. The maximum atomic E-state index is 14.3. The first-order valence-corrected chi connectivity index (χ1v) is 13.8. The first-order chi connectivity index (χ1) is 20.9. The number of nitrogens with two attached hydrogens (primary N) is 1. The highest BCUT2D eigenvalue weighted by Gasteiger charge is 2.39. The molecule has 1 saturated heterocycles. The number of hydrogen-bond donors (Lipinski definition) is 3. The van der Waals surface area contributed by atoms with Crippen LogP contribution in [0.15, 0.2) is 54.7 Å². The molecule has 0 unspecified atom stereocenters. The molecule has 44 heavy (non-hydrogen) atoms. The topological polar surface area (TPSA) is 138 Å². The van der Waals surface area contributed by atoms with Crippen LogP contribution in [-0.4, -0.2) is 80.8 Å². The van der Waals surface area contributed by atoms with Gasteiger partial charge in [0.2, 0.25) is 0 Å². The third kappa shape index (κ3) is 5.90. The molecule has 0 saturated carbocycles. The van der Waals surface area contributed by atoms with Crippen molar-refractivity contribution in [1.82, 2.24) is 24.4 Å². The van der Waals surface area contributed by atoms with Crippen molar-refractivity contribution in [3.05, 3.63) is 77.1 Å². The summed E-state index contributed by atoms with van der Waals surface area (Å²) in [5, 5.41) is 16.7. The summed E-state index contributed by atoms with van der Waals surface area (Å²) in [5.74, 6) is 0.0425. The van der Waals surface area contributed by atoms with Gasteiger partial charge in [-0.2, -0.15) is 18.3 Å². The number of halogens is 3. The van der Waals surface area contributed by atoms with E-state index in [4.69, 9.17) is 10.5 Å². The van der Waals surface area contributed by atoms with Gasteiger partial charge < -0.3 is 25.8 Å². The van der Waals surface area contributed by atoms with Crippen LogP contribution in [0.4, 0.5) is 23.7 Å². The van der Waals surface area contributed by atoms with Crippen molar-refractivity contribution >= 4 is 23.3 Å². The van der Waals surface area contributed by atoms with Crippen molar-refractivity contribution in [3.63, 3.8) is 0 Å². The number of primary amides is 1. The number of hydrogen-bond acceptors (Lipinski definition) is 7. The maximum Gasteiger partial charge on any atom is 0.433 e. The van der Waals surface area contributed by atoms with Crippen LogP contribution in [0, 0.1) is 6.92 Å². The number of alkyl halides is 3. The number of nitrogens with one attached hydrogen (secondary N) is 1. The number of piperazine rings is 1. The average molecular weight is 612 g/mol. The van der Waals surface area contributed by atoms with E-state index < -0.39 is 29.9 Å². The van der Waals surface area contributed by atoms with Crippen LogP contribution in [-0.2, 0) is 6.18 Å². The van der Waals surface area contributed by atoms with Crippen molar-refractivity contribution in [3.8, 4) is 17.0 Å². The fourth-order valence-corrected chi connectivity index (χ4v) is 5.71. The lowest BCUT2D eigenvalue weighted by Gasteiger charge is -2.43. The van der Waals surface area contributed by atoms with Gasteiger partial charge in [0.15, 0.2) is 11.3 Å². The van der Waals surface area contributed by atoms with Gasteiger partial charge in [-0.1, -0.05) is 12.1 Å². The Hall–Kier alpha value is -4.69. The number of urea groups is 1. The van der Waals surface area contributed by atoms with Crippen LogP contribution in [0.1, 0.15) is 40.1 Å². The van der Waals surface area contributed by atoms with Crippen molar-refractivity contribution in [2.24, 2.45) is 5.73 Å². The summed E-state index contributed by atoms with van der Waals surface area (Å²) < 4.78 is 48.9. The molecule has 4 N–H and O–H groups in total. The number of nitrogens with zero attached hydrogens (tertiary/aromatic N) is 5. The molecule has 11 nitrogen and oxygen atoms in total. The zero-order chi connectivity index (χ0) is 31.8. The van der Waals surface area contributed by atoms with Gasteiger partial charge in [0.1, 0.15) is 11.3 Å². The van der Waals surface area contributed by atoms with Gasteiger partial charge in [-0.25, -0.2) is 14.3 Å². The third-order valence-corrected chi connectivity index (χ3v) is 7.82. The Labute approximate surface area is 251 Å². The predicted octanol–water partition coefficient (Wildman–Crippen LogP) is 4.10. The first kappa shape index (κ1) is 30.8. The summed E-state index contributed by atoms with van der Waals surface area (Å²) in [6.07, 6.45) is -3.63. The van der Waals surface area contributed by atoms with E-state index in [1.54, 1.807) is 47.4 Å². The molecular formula is C30H32F3N7O4. The monoisotopic (exact) mass is 611 g/mol. The minimum Gasteiger partial charge on any atom is -0.497 e. The number of aliphatic hydroxyl groups excluding tert-OH is 1. The van der Waals surface area contributed by atoms with Crippen molar-refractivity contribution in [2.75, 3.05) is 38.7 Å². The molecule has 2 aromatic carbocycles. The van der Waals surface area contributed by atoms with Crippen LogP contribution in [0.25, 0.3) is 16.9 Å². The highest BCUT2D eigenvalue weighted by molar-refractivity contribution is 6.00. The van der Waals surface area contributed by atoms with E-state index in [0.29, 0.717) is 34.6 Å². The number of aromatic nitrogens is 3. The number of amides is 3. The molecule has 0 bridgehead atoms. The van der Waals surface area contributed by atoms with Crippen LogP contribution < -0.4 is 15.8 Å². The summed E-state index contributed by atoms with van der Waals surface area (Å²) in [7, 11) is 1.49. The summed E-state index contributed by atoms with van der Waals surface area (Å²) in [6.45, 7) is 3.95. The summed E-state index contributed by atoms with van der Waals surface area (Å²) in [4.78, 5) is 33.2. The zero-order valence-electron chi connectivity index (χ0n) is 24.3. The molecular weight excluding hydrogens is 579 g/mol. The fraction of sp³-hybridized carbons (Fsp3) is 0.333. The lowest BCUT2D eigenvalue weighted by molar-refractivity contribution is -0.143. The molecule has 0 radical (unpaired) electrons. The molecule has 5 rings (SSSR count). The third-order valence-electron chi connectivity index (χ3n) is 7.82. The Morgan fingerprint density at radius 3 is 2.52 bits per heavy atom. The Morgan fingerprint density at radius 2 is 1.91 bits per heavy atom. The molecule has 1 aliphatic heterocycles. The lowest BCUT2D eigenvalue weighted by atomic mass is 10.0. The van der Waals surface area contributed by atoms with E-state index in [0.717, 1.165) is 11.8 Å². The number of aliphatic hydroxyl groups is 1. The number of carbonyl (C=O) groups is 2. The smallest absolute Gasteiger partial charge is 0.433 e. The van der Waals surface area contributed by atoms with Gasteiger partial charge in [-0.15, -0.1) is 0 Å². The summed E-state index contributed by atoms with van der Waals surface area (Å²) in [5.41, 5.74) is 5.61. The molecule has 232 valence electrons. The number of fused-ring (bicyclic) bond motifs is 1. The Morgan fingerprint density at radius 1 is 1.18 bits per heavy atom. The molecule has 0 aliphatic carbocycles. The molecule has 1 fully saturated rings. The second kappa shape index (κ2) is 12.1. The molecule has 1 aliphatic rings. The van der Waals surface area contributed by atoms with Gasteiger partial charge in [0.25, 0.3) is 5.91 Å². The average Bonchev–Trinajstić information content (AvgIpc) is 3.39. The SMILES string of the molecule is COc1ccc(-c2nc3c(C(=O)N4CCN([C@@H](CO)c5cccc(NC(N)=O)c5)C[C@H]4C)cnn3c(C(F)(F)F)c2C)cc1.